The number of hydrogen-bond acceptors (Lipinski definition) is 5. The normalized spacial score (nSPS) is 11.4. The maximum Gasteiger partial charge on any atom is 0.181 e. The van der Waals surface area contributed by atoms with Crippen molar-refractivity contribution in [2.75, 3.05) is 0 Å². The van der Waals surface area contributed by atoms with Gasteiger partial charge in [-0.3, -0.25) is 15.1 Å². The average Bonchev–Trinajstić information content (AvgIpc) is 3.43. The number of pyridine rings is 2. The number of hydrogen-bond donors (Lipinski definition) is 2. The van der Waals surface area contributed by atoms with Crippen LogP contribution in [-0.4, -0.2) is 35.1 Å². The van der Waals surface area contributed by atoms with Crippen LogP contribution in [0.5, 0.6) is 0 Å². The van der Waals surface area contributed by atoms with Crippen molar-refractivity contribution in [3.63, 3.8) is 0 Å². The van der Waals surface area contributed by atoms with E-state index in [4.69, 9.17) is 0 Å². The van der Waals surface area contributed by atoms with Gasteiger partial charge in [-0.05, 0) is 41.5 Å². The summed E-state index contributed by atoms with van der Waals surface area (Å²) < 4.78 is 13.8. The van der Waals surface area contributed by atoms with E-state index in [1.807, 2.05) is 24.3 Å². The molecule has 0 bridgehead atoms. The Kier molecular flexibility index (Phi) is 3.82. The van der Waals surface area contributed by atoms with Crippen molar-refractivity contribution in [1.82, 2.24) is 35.1 Å². The topological polar surface area (TPSA) is 96.0 Å². The third-order valence-electron chi connectivity index (χ3n) is 5.21. The molecule has 1 aromatic carbocycles. The van der Waals surface area contributed by atoms with E-state index >= 15 is 0 Å². The Balaban J connectivity index is 1.52. The zero-order valence-corrected chi connectivity index (χ0v) is 16.0. The lowest BCUT2D eigenvalue weighted by molar-refractivity contribution is 0.628. The van der Waals surface area contributed by atoms with E-state index in [9.17, 15) is 4.39 Å². The number of nitrogens with zero attached hydrogens (tertiary/aromatic N) is 5. The molecular formula is C23H14FN7. The fraction of sp³-hybridized carbons (Fsp3) is 0. The van der Waals surface area contributed by atoms with Crippen LogP contribution in [0.1, 0.15) is 0 Å². The van der Waals surface area contributed by atoms with Crippen LogP contribution in [0.15, 0.2) is 73.4 Å². The highest BCUT2D eigenvalue weighted by molar-refractivity contribution is 5.99. The minimum absolute atomic E-state index is 0.277. The van der Waals surface area contributed by atoms with Crippen molar-refractivity contribution < 1.29 is 4.39 Å². The molecule has 0 saturated carbocycles. The Morgan fingerprint density at radius 2 is 1.77 bits per heavy atom. The van der Waals surface area contributed by atoms with E-state index in [2.05, 4.69) is 35.1 Å². The van der Waals surface area contributed by atoms with Crippen LogP contribution in [0.3, 0.4) is 0 Å². The van der Waals surface area contributed by atoms with Crippen LogP contribution in [0.4, 0.5) is 4.39 Å². The Bertz CT molecular complexity index is 1550. The smallest absolute Gasteiger partial charge is 0.181 e. The molecule has 8 heteroatoms. The summed E-state index contributed by atoms with van der Waals surface area (Å²) in [6.45, 7) is 0. The Hall–Kier alpha value is -4.46. The molecule has 0 atom stereocenters. The predicted octanol–water partition coefficient (Wildman–Crippen LogP) is 4.76. The van der Waals surface area contributed by atoms with Crippen LogP contribution < -0.4 is 0 Å². The number of aromatic nitrogens is 7. The van der Waals surface area contributed by atoms with Gasteiger partial charge in [0.25, 0.3) is 0 Å². The molecule has 0 unspecified atom stereocenters. The molecule has 5 heterocycles. The summed E-state index contributed by atoms with van der Waals surface area (Å²) in [5.41, 5.74) is 6.17. The largest absolute Gasteiger partial charge is 0.338 e. The molecule has 0 radical (unpaired) electrons. The van der Waals surface area contributed by atoms with E-state index in [-0.39, 0.29) is 5.82 Å². The minimum Gasteiger partial charge on any atom is -0.338 e. The summed E-state index contributed by atoms with van der Waals surface area (Å²) in [7, 11) is 0. The number of aromatic amines is 2. The first-order chi connectivity index (χ1) is 15.3. The maximum absolute atomic E-state index is 13.8. The van der Waals surface area contributed by atoms with Gasteiger partial charge in [0.05, 0.1) is 23.3 Å². The van der Waals surface area contributed by atoms with E-state index in [1.165, 1.54) is 12.1 Å². The highest BCUT2D eigenvalue weighted by atomic mass is 19.1. The second kappa shape index (κ2) is 6.81. The molecule has 148 valence electrons. The van der Waals surface area contributed by atoms with Gasteiger partial charge in [-0.1, -0.05) is 12.1 Å². The van der Waals surface area contributed by atoms with Gasteiger partial charge in [0.2, 0.25) is 0 Å². The number of benzene rings is 1. The predicted molar refractivity (Wildman–Crippen MR) is 115 cm³/mol. The van der Waals surface area contributed by atoms with Gasteiger partial charge in [-0.15, -0.1) is 0 Å². The molecule has 6 aromatic rings. The van der Waals surface area contributed by atoms with Gasteiger partial charge in [0, 0.05) is 41.1 Å². The highest BCUT2D eigenvalue weighted by Crippen LogP contribution is 2.33. The van der Waals surface area contributed by atoms with E-state index in [0.29, 0.717) is 11.3 Å². The minimum atomic E-state index is -0.277. The van der Waals surface area contributed by atoms with Crippen molar-refractivity contribution in [2.24, 2.45) is 0 Å². The molecule has 0 aliphatic carbocycles. The monoisotopic (exact) mass is 407 g/mol. The van der Waals surface area contributed by atoms with E-state index in [1.54, 1.807) is 37.1 Å². The summed E-state index contributed by atoms with van der Waals surface area (Å²) in [6.07, 6.45) is 8.41. The second-order valence-electron chi connectivity index (χ2n) is 7.10. The summed E-state index contributed by atoms with van der Waals surface area (Å²) in [5.74, 6) is -0.277. The number of rotatable bonds is 3. The lowest BCUT2D eigenvalue weighted by Gasteiger charge is -2.02. The highest BCUT2D eigenvalue weighted by Gasteiger charge is 2.15. The average molecular weight is 407 g/mol. The fourth-order valence-corrected chi connectivity index (χ4v) is 3.76. The van der Waals surface area contributed by atoms with Crippen molar-refractivity contribution in [2.45, 2.75) is 0 Å². The first kappa shape index (κ1) is 17.4. The fourth-order valence-electron chi connectivity index (χ4n) is 3.76. The second-order valence-corrected chi connectivity index (χ2v) is 7.10. The third kappa shape index (κ3) is 2.93. The lowest BCUT2D eigenvalue weighted by atomic mass is 10.0. The zero-order valence-electron chi connectivity index (χ0n) is 16.0. The molecular weight excluding hydrogens is 393 g/mol. The first-order valence-corrected chi connectivity index (χ1v) is 9.61. The van der Waals surface area contributed by atoms with Crippen molar-refractivity contribution in [3.8, 4) is 33.8 Å². The molecule has 31 heavy (non-hydrogen) atoms. The number of H-pyrrole nitrogens is 2. The van der Waals surface area contributed by atoms with E-state index < -0.39 is 0 Å². The summed E-state index contributed by atoms with van der Waals surface area (Å²) in [4.78, 5) is 20.7. The summed E-state index contributed by atoms with van der Waals surface area (Å²) in [5, 5.41) is 9.14. The lowest BCUT2D eigenvalue weighted by Crippen LogP contribution is -1.86. The third-order valence-corrected chi connectivity index (χ3v) is 5.21. The van der Waals surface area contributed by atoms with Crippen LogP contribution >= 0.6 is 0 Å². The molecule has 5 aromatic heterocycles. The van der Waals surface area contributed by atoms with Crippen molar-refractivity contribution in [3.05, 3.63) is 79.3 Å². The molecule has 0 aliphatic heterocycles. The molecule has 0 saturated heterocycles. The standard InChI is InChI=1S/C23H14FN7/c24-15-3-1-2-13(8-15)16-4-5-27-22-17(16)10-19(29-22)21-18-9-14(11-28-23(18)31-30-21)20-12-25-6-7-26-20/h1-12H,(H,27,29)(H,28,30,31). The summed E-state index contributed by atoms with van der Waals surface area (Å²) >= 11 is 0. The first-order valence-electron chi connectivity index (χ1n) is 9.61. The molecule has 0 amide bonds. The van der Waals surface area contributed by atoms with Gasteiger partial charge in [0.15, 0.2) is 5.65 Å². The van der Waals surface area contributed by atoms with Gasteiger partial charge in [-0.2, -0.15) is 5.10 Å². The van der Waals surface area contributed by atoms with Gasteiger partial charge in [-0.25, -0.2) is 14.4 Å². The van der Waals surface area contributed by atoms with Crippen LogP contribution in [0.2, 0.25) is 0 Å². The molecule has 2 N–H and O–H groups in total. The van der Waals surface area contributed by atoms with Crippen LogP contribution in [0, 0.1) is 5.82 Å². The molecule has 7 nitrogen and oxygen atoms in total. The molecule has 0 aliphatic rings. The van der Waals surface area contributed by atoms with Crippen molar-refractivity contribution >= 4 is 22.1 Å². The van der Waals surface area contributed by atoms with Crippen molar-refractivity contribution in [1.29, 1.82) is 0 Å². The van der Waals surface area contributed by atoms with Gasteiger partial charge >= 0.3 is 0 Å². The Labute approximate surface area is 175 Å². The molecule has 0 spiro atoms. The van der Waals surface area contributed by atoms with Gasteiger partial charge < -0.3 is 4.98 Å². The maximum atomic E-state index is 13.8. The quantitative estimate of drug-likeness (QED) is 0.441. The zero-order chi connectivity index (χ0) is 20.8. The number of fused-ring (bicyclic) bond motifs is 2. The van der Waals surface area contributed by atoms with Crippen LogP contribution in [0.25, 0.3) is 55.8 Å². The van der Waals surface area contributed by atoms with Crippen LogP contribution in [-0.2, 0) is 0 Å². The SMILES string of the molecule is Fc1cccc(-c2ccnc3[nH]c(-c4[nH]nc5ncc(-c6cnccn6)cc45)cc23)c1. The van der Waals surface area contributed by atoms with Gasteiger partial charge in [0.1, 0.15) is 11.5 Å². The number of nitrogens with one attached hydrogen (secondary N) is 2. The molecule has 0 fully saturated rings. The summed E-state index contributed by atoms with van der Waals surface area (Å²) in [6, 6.07) is 12.4. The Morgan fingerprint density at radius 3 is 2.65 bits per heavy atom. The Morgan fingerprint density at radius 1 is 0.806 bits per heavy atom. The molecule has 6 rings (SSSR count). The number of halogens is 1. The van der Waals surface area contributed by atoms with E-state index in [0.717, 1.165) is 44.5 Å².